The first-order chi connectivity index (χ1) is 13.4. The number of nitrogens with zero attached hydrogens (tertiary/aromatic N) is 5. The van der Waals surface area contributed by atoms with Crippen molar-refractivity contribution in [3.63, 3.8) is 0 Å². The van der Waals surface area contributed by atoms with Gasteiger partial charge in [0.2, 0.25) is 0 Å². The number of aromatic nitrogens is 6. The number of rotatable bonds is 5. The molecule has 0 spiro atoms. The fourth-order valence-electron chi connectivity index (χ4n) is 2.65. The highest BCUT2D eigenvalue weighted by Crippen LogP contribution is 2.26. The summed E-state index contributed by atoms with van der Waals surface area (Å²) in [6, 6.07) is 9.21. The third kappa shape index (κ3) is 3.63. The van der Waals surface area contributed by atoms with Crippen LogP contribution in [0.2, 0.25) is 0 Å². The van der Waals surface area contributed by atoms with E-state index >= 15 is 0 Å². The summed E-state index contributed by atoms with van der Waals surface area (Å²) in [6.07, 6.45) is -2.94. The predicted molar refractivity (Wildman–Crippen MR) is 90.0 cm³/mol. The molecular weight excluding hydrogens is 380 g/mol. The monoisotopic (exact) mass is 392 g/mol. The number of fused-ring (bicyclic) bond motifs is 1. The molecule has 28 heavy (non-hydrogen) atoms. The van der Waals surface area contributed by atoms with Crippen molar-refractivity contribution in [3.05, 3.63) is 54.0 Å². The van der Waals surface area contributed by atoms with Crippen LogP contribution >= 0.6 is 0 Å². The van der Waals surface area contributed by atoms with E-state index < -0.39 is 18.8 Å². The Bertz CT molecular complexity index is 1120. The minimum Gasteiger partial charge on any atom is -0.453 e. The second-order valence-corrected chi connectivity index (χ2v) is 5.84. The Labute approximate surface area is 155 Å². The number of H-pyrrole nitrogens is 1. The van der Waals surface area contributed by atoms with Crippen LogP contribution in [0.5, 0.6) is 6.01 Å². The first-order valence-electron chi connectivity index (χ1n) is 8.08. The largest absolute Gasteiger partial charge is 0.453 e. The van der Waals surface area contributed by atoms with Gasteiger partial charge in [0.25, 0.3) is 0 Å². The first-order valence-corrected chi connectivity index (χ1v) is 8.08. The van der Waals surface area contributed by atoms with Gasteiger partial charge in [-0.15, -0.1) is 5.10 Å². The molecule has 3 aromatic heterocycles. The van der Waals surface area contributed by atoms with Crippen LogP contribution < -0.4 is 4.74 Å². The zero-order valence-electron chi connectivity index (χ0n) is 14.1. The minimum atomic E-state index is -4.50. The Morgan fingerprint density at radius 2 is 1.93 bits per heavy atom. The van der Waals surface area contributed by atoms with Crippen molar-refractivity contribution in [2.24, 2.45) is 0 Å². The van der Waals surface area contributed by atoms with E-state index in [0.29, 0.717) is 22.3 Å². The molecule has 4 aromatic rings. The van der Waals surface area contributed by atoms with Crippen molar-refractivity contribution >= 4 is 11.0 Å². The normalized spacial score (nSPS) is 11.9. The lowest BCUT2D eigenvalue weighted by Crippen LogP contribution is -2.19. The molecule has 0 fully saturated rings. The highest BCUT2D eigenvalue weighted by molar-refractivity contribution is 5.89. The Balaban J connectivity index is 1.69. The number of benzene rings is 1. The van der Waals surface area contributed by atoms with Crippen molar-refractivity contribution in [2.45, 2.75) is 12.7 Å². The Morgan fingerprint density at radius 1 is 1.11 bits per heavy atom. The Kier molecular flexibility index (Phi) is 4.41. The van der Waals surface area contributed by atoms with Gasteiger partial charge in [-0.2, -0.15) is 23.3 Å². The number of hydrogen-bond donors (Lipinski definition) is 1. The van der Waals surface area contributed by atoms with Crippen molar-refractivity contribution in [3.8, 4) is 17.5 Å². The van der Waals surface area contributed by atoms with E-state index in [-0.39, 0.29) is 18.2 Å². The molecule has 0 radical (unpaired) electrons. The first kappa shape index (κ1) is 17.9. The summed E-state index contributed by atoms with van der Waals surface area (Å²) in [6.45, 7) is -1.39. The fraction of sp³-hybridized carbons (Fsp3) is 0.176. The van der Waals surface area contributed by atoms with Gasteiger partial charge in [-0.1, -0.05) is 18.2 Å². The zero-order valence-corrected chi connectivity index (χ0v) is 14.1. The van der Waals surface area contributed by atoms with Crippen LogP contribution in [-0.4, -0.2) is 42.7 Å². The number of pyridine rings is 1. The molecule has 0 amide bonds. The van der Waals surface area contributed by atoms with Gasteiger partial charge in [0, 0.05) is 11.8 Å². The second-order valence-electron chi connectivity index (χ2n) is 5.84. The van der Waals surface area contributed by atoms with Crippen LogP contribution in [0.15, 0.2) is 42.6 Å². The minimum absolute atomic E-state index is 0.113. The van der Waals surface area contributed by atoms with E-state index in [9.17, 15) is 17.6 Å². The van der Waals surface area contributed by atoms with Crippen molar-refractivity contribution in [2.75, 3.05) is 6.61 Å². The summed E-state index contributed by atoms with van der Waals surface area (Å²) in [5.74, 6) is -0.270. The SMILES string of the molecule is Fc1ccccc1Cn1nc(-c2nc(OCC(F)(F)F)n[nH]2)c2cccnc21. The van der Waals surface area contributed by atoms with E-state index in [0.717, 1.165) is 0 Å². The van der Waals surface area contributed by atoms with Crippen molar-refractivity contribution < 1.29 is 22.3 Å². The molecule has 0 unspecified atom stereocenters. The van der Waals surface area contributed by atoms with E-state index in [4.69, 9.17) is 0 Å². The molecule has 0 saturated carbocycles. The number of alkyl halides is 3. The second kappa shape index (κ2) is 6.91. The number of halogens is 4. The predicted octanol–water partition coefficient (Wildman–Crippen LogP) is 3.34. The van der Waals surface area contributed by atoms with E-state index in [2.05, 4.69) is 30.0 Å². The van der Waals surface area contributed by atoms with Gasteiger partial charge < -0.3 is 4.74 Å². The van der Waals surface area contributed by atoms with Gasteiger partial charge in [-0.3, -0.25) is 5.10 Å². The van der Waals surface area contributed by atoms with Gasteiger partial charge in [0.1, 0.15) is 11.5 Å². The number of hydrogen-bond acceptors (Lipinski definition) is 5. The fourth-order valence-corrected chi connectivity index (χ4v) is 2.65. The number of aromatic amines is 1. The van der Waals surface area contributed by atoms with Crippen LogP contribution in [-0.2, 0) is 6.54 Å². The molecule has 11 heteroatoms. The summed E-state index contributed by atoms with van der Waals surface area (Å²) in [4.78, 5) is 8.17. The molecule has 1 N–H and O–H groups in total. The maximum absolute atomic E-state index is 14.0. The lowest BCUT2D eigenvalue weighted by molar-refractivity contribution is -0.154. The molecule has 1 aromatic carbocycles. The van der Waals surface area contributed by atoms with Crippen LogP contribution in [0.1, 0.15) is 5.56 Å². The molecule has 144 valence electrons. The molecule has 0 saturated heterocycles. The molecule has 4 rings (SSSR count). The molecule has 0 aliphatic rings. The van der Waals surface area contributed by atoms with Crippen LogP contribution in [0.3, 0.4) is 0 Å². The average Bonchev–Trinajstić information content (AvgIpc) is 3.26. The molecule has 3 heterocycles. The van der Waals surface area contributed by atoms with Crippen LogP contribution in [0.25, 0.3) is 22.6 Å². The third-order valence-electron chi connectivity index (χ3n) is 3.84. The van der Waals surface area contributed by atoms with Crippen molar-refractivity contribution in [1.82, 2.24) is 29.9 Å². The molecule has 7 nitrogen and oxygen atoms in total. The van der Waals surface area contributed by atoms with E-state index in [1.165, 1.54) is 10.7 Å². The standard InChI is InChI=1S/C17H12F4N6O/c18-12-6-2-1-4-10(12)8-27-15-11(5-3-7-22-15)13(26-27)14-23-16(25-24-14)28-9-17(19,20)21/h1-7H,8-9H2,(H,23,24,25). The summed E-state index contributed by atoms with van der Waals surface area (Å²) < 4.78 is 56.8. The number of ether oxygens (including phenoxy) is 1. The third-order valence-corrected chi connectivity index (χ3v) is 3.84. The smallest absolute Gasteiger partial charge is 0.422 e. The number of nitrogens with one attached hydrogen (secondary N) is 1. The average molecular weight is 392 g/mol. The Hall–Kier alpha value is -3.50. The summed E-state index contributed by atoms with van der Waals surface area (Å²) in [7, 11) is 0. The molecule has 0 atom stereocenters. The zero-order chi connectivity index (χ0) is 19.7. The van der Waals surface area contributed by atoms with Gasteiger partial charge in [0.15, 0.2) is 18.1 Å². The maximum atomic E-state index is 14.0. The van der Waals surface area contributed by atoms with Gasteiger partial charge in [-0.05, 0) is 18.2 Å². The topological polar surface area (TPSA) is 81.5 Å². The molecular formula is C17H12F4N6O. The quantitative estimate of drug-likeness (QED) is 0.527. The van der Waals surface area contributed by atoms with Gasteiger partial charge in [0.05, 0.1) is 11.9 Å². The molecule has 0 bridgehead atoms. The van der Waals surface area contributed by atoms with Crippen LogP contribution in [0.4, 0.5) is 17.6 Å². The van der Waals surface area contributed by atoms with Gasteiger partial charge >= 0.3 is 12.2 Å². The molecule has 0 aliphatic heterocycles. The highest BCUT2D eigenvalue weighted by Gasteiger charge is 2.29. The lowest BCUT2D eigenvalue weighted by atomic mass is 10.2. The van der Waals surface area contributed by atoms with Gasteiger partial charge in [-0.25, -0.2) is 14.1 Å². The maximum Gasteiger partial charge on any atom is 0.422 e. The highest BCUT2D eigenvalue weighted by atomic mass is 19.4. The summed E-state index contributed by atoms with van der Waals surface area (Å²) >= 11 is 0. The van der Waals surface area contributed by atoms with Crippen LogP contribution in [0, 0.1) is 5.82 Å². The van der Waals surface area contributed by atoms with E-state index in [1.54, 1.807) is 36.5 Å². The summed E-state index contributed by atoms with van der Waals surface area (Å²) in [5, 5.41) is 11.1. The summed E-state index contributed by atoms with van der Waals surface area (Å²) in [5.41, 5.74) is 1.19. The molecule has 0 aliphatic carbocycles. The Morgan fingerprint density at radius 3 is 2.71 bits per heavy atom. The van der Waals surface area contributed by atoms with E-state index in [1.807, 2.05) is 0 Å². The lowest BCUT2D eigenvalue weighted by Gasteiger charge is -2.04. The van der Waals surface area contributed by atoms with Crippen molar-refractivity contribution in [1.29, 1.82) is 0 Å².